The highest BCUT2D eigenvalue weighted by atomic mass is 32.2. The van der Waals surface area contributed by atoms with Crippen LogP contribution in [-0.2, 0) is 10.0 Å². The number of anilines is 1. The molecule has 124 valence electrons. The van der Waals surface area contributed by atoms with Crippen molar-refractivity contribution < 1.29 is 17.7 Å². The van der Waals surface area contributed by atoms with Crippen LogP contribution in [0.15, 0.2) is 34.0 Å². The van der Waals surface area contributed by atoms with Crippen LogP contribution >= 0.6 is 0 Å². The van der Waals surface area contributed by atoms with E-state index < -0.39 is 10.0 Å². The van der Waals surface area contributed by atoms with Crippen molar-refractivity contribution in [2.75, 3.05) is 32.1 Å². The summed E-state index contributed by atoms with van der Waals surface area (Å²) < 4.78 is 36.4. The van der Waals surface area contributed by atoms with Crippen LogP contribution in [0.3, 0.4) is 0 Å². The van der Waals surface area contributed by atoms with E-state index >= 15 is 0 Å². The minimum absolute atomic E-state index is 0.0493. The Hall–Kier alpha value is -2.20. The van der Waals surface area contributed by atoms with E-state index in [0.717, 1.165) is 12.1 Å². The van der Waals surface area contributed by atoms with Gasteiger partial charge in [0.1, 0.15) is 17.3 Å². The molecule has 10 heteroatoms. The first-order valence-corrected chi connectivity index (χ1v) is 8.48. The van der Waals surface area contributed by atoms with Crippen molar-refractivity contribution in [1.82, 2.24) is 19.7 Å². The zero-order valence-electron chi connectivity index (χ0n) is 12.8. The van der Waals surface area contributed by atoms with Gasteiger partial charge in [-0.05, 0) is 12.5 Å². The molecular weight excluding hydrogens is 322 g/mol. The van der Waals surface area contributed by atoms with Gasteiger partial charge in [0, 0.05) is 26.7 Å². The molecule has 0 aromatic carbocycles. The van der Waals surface area contributed by atoms with Crippen LogP contribution in [0.5, 0.6) is 5.88 Å². The van der Waals surface area contributed by atoms with E-state index in [1.165, 1.54) is 10.5 Å². The molecule has 1 aliphatic heterocycles. The third-order valence-electron chi connectivity index (χ3n) is 3.53. The van der Waals surface area contributed by atoms with Gasteiger partial charge in [-0.25, -0.2) is 8.42 Å². The van der Waals surface area contributed by atoms with Crippen molar-refractivity contribution in [1.29, 1.82) is 0 Å². The standard InChI is InChI=1S/C13H17N5O4S/c1-17(2)12-3-4-13(16-15-12)22-10-5-6-18(8-10)23(19,20)11-7-14-21-9-11/h3-4,7,9-10H,5-6,8H2,1-2H3. The lowest BCUT2D eigenvalue weighted by molar-refractivity contribution is 0.204. The van der Waals surface area contributed by atoms with Crippen molar-refractivity contribution in [2.24, 2.45) is 0 Å². The fourth-order valence-electron chi connectivity index (χ4n) is 2.27. The van der Waals surface area contributed by atoms with Gasteiger partial charge in [-0.3, -0.25) is 0 Å². The predicted octanol–water partition coefficient (Wildman–Crippen LogP) is 0.373. The summed E-state index contributed by atoms with van der Waals surface area (Å²) in [7, 11) is 0.156. The van der Waals surface area contributed by atoms with Crippen LogP contribution in [0.4, 0.5) is 5.82 Å². The maximum absolute atomic E-state index is 12.4. The van der Waals surface area contributed by atoms with Crippen LogP contribution in [0.25, 0.3) is 0 Å². The number of ether oxygens (including phenoxy) is 1. The third kappa shape index (κ3) is 3.27. The van der Waals surface area contributed by atoms with Gasteiger partial charge >= 0.3 is 0 Å². The summed E-state index contributed by atoms with van der Waals surface area (Å²) in [6, 6.07) is 3.52. The van der Waals surface area contributed by atoms with Gasteiger partial charge in [-0.2, -0.15) is 4.31 Å². The Labute approximate surface area is 133 Å². The molecule has 3 rings (SSSR count). The summed E-state index contributed by atoms with van der Waals surface area (Å²) >= 11 is 0. The number of hydrogen-bond acceptors (Lipinski definition) is 8. The summed E-state index contributed by atoms with van der Waals surface area (Å²) in [4.78, 5) is 1.88. The van der Waals surface area contributed by atoms with E-state index in [1.54, 1.807) is 12.1 Å². The molecule has 0 bridgehead atoms. The first-order valence-electron chi connectivity index (χ1n) is 7.04. The van der Waals surface area contributed by atoms with Crippen LogP contribution < -0.4 is 9.64 Å². The predicted molar refractivity (Wildman–Crippen MR) is 80.7 cm³/mol. The molecule has 1 fully saturated rings. The summed E-state index contributed by atoms with van der Waals surface area (Å²) in [5.41, 5.74) is 0. The van der Waals surface area contributed by atoms with Gasteiger partial charge in [-0.1, -0.05) is 5.16 Å². The van der Waals surface area contributed by atoms with E-state index in [9.17, 15) is 8.42 Å². The first-order chi connectivity index (χ1) is 11.0. The molecule has 1 unspecified atom stereocenters. The Morgan fingerprint density at radius 2 is 2.17 bits per heavy atom. The Morgan fingerprint density at radius 1 is 1.35 bits per heavy atom. The molecule has 2 aromatic heterocycles. The number of rotatable bonds is 5. The van der Waals surface area contributed by atoms with Crippen LogP contribution in [-0.4, -0.2) is 61.4 Å². The summed E-state index contributed by atoms with van der Waals surface area (Å²) in [5, 5.41) is 11.5. The average Bonchev–Trinajstić information content (AvgIpc) is 3.19. The minimum Gasteiger partial charge on any atom is -0.472 e. The molecule has 0 saturated carbocycles. The lowest BCUT2D eigenvalue weighted by Crippen LogP contribution is -2.31. The Kier molecular flexibility index (Phi) is 4.18. The molecule has 0 aliphatic carbocycles. The minimum atomic E-state index is -3.58. The molecule has 1 atom stereocenters. The molecule has 2 aromatic rings. The summed E-state index contributed by atoms with van der Waals surface area (Å²) in [6.45, 7) is 0.631. The highest BCUT2D eigenvalue weighted by Crippen LogP contribution is 2.23. The molecule has 23 heavy (non-hydrogen) atoms. The quantitative estimate of drug-likeness (QED) is 0.770. The van der Waals surface area contributed by atoms with E-state index in [0.29, 0.717) is 18.8 Å². The largest absolute Gasteiger partial charge is 0.472 e. The van der Waals surface area contributed by atoms with Gasteiger partial charge < -0.3 is 14.2 Å². The fourth-order valence-corrected chi connectivity index (χ4v) is 3.62. The number of nitrogens with zero attached hydrogens (tertiary/aromatic N) is 5. The van der Waals surface area contributed by atoms with Crippen LogP contribution in [0.1, 0.15) is 6.42 Å². The van der Waals surface area contributed by atoms with Gasteiger partial charge in [0.25, 0.3) is 0 Å². The zero-order valence-corrected chi connectivity index (χ0v) is 13.6. The maximum Gasteiger partial charge on any atom is 0.248 e. The van der Waals surface area contributed by atoms with Crippen molar-refractivity contribution in [3.05, 3.63) is 24.6 Å². The van der Waals surface area contributed by atoms with E-state index in [-0.39, 0.29) is 17.5 Å². The van der Waals surface area contributed by atoms with Gasteiger partial charge in [0.05, 0.1) is 12.7 Å². The Bertz CT molecular complexity index is 745. The van der Waals surface area contributed by atoms with Crippen LogP contribution in [0, 0.1) is 0 Å². The Balaban J connectivity index is 1.64. The Morgan fingerprint density at radius 3 is 2.78 bits per heavy atom. The lowest BCUT2D eigenvalue weighted by Gasteiger charge is -2.16. The SMILES string of the molecule is CN(C)c1ccc(OC2CCN(S(=O)(=O)c3cnoc3)C2)nn1. The normalized spacial score (nSPS) is 19.0. The fraction of sp³-hybridized carbons (Fsp3) is 0.462. The number of aromatic nitrogens is 3. The molecule has 1 aliphatic rings. The second-order valence-corrected chi connectivity index (χ2v) is 7.31. The van der Waals surface area contributed by atoms with E-state index in [4.69, 9.17) is 4.74 Å². The highest BCUT2D eigenvalue weighted by Gasteiger charge is 2.34. The molecule has 1 saturated heterocycles. The van der Waals surface area contributed by atoms with Gasteiger partial charge in [0.2, 0.25) is 15.9 Å². The van der Waals surface area contributed by atoms with Gasteiger partial charge in [0.15, 0.2) is 5.82 Å². The monoisotopic (exact) mass is 339 g/mol. The molecule has 0 N–H and O–H groups in total. The second-order valence-electron chi connectivity index (χ2n) is 5.38. The molecule has 3 heterocycles. The highest BCUT2D eigenvalue weighted by molar-refractivity contribution is 7.89. The number of hydrogen-bond donors (Lipinski definition) is 0. The number of sulfonamides is 1. The first kappa shape index (κ1) is 15.7. The smallest absolute Gasteiger partial charge is 0.248 e. The maximum atomic E-state index is 12.4. The molecule has 0 amide bonds. The zero-order chi connectivity index (χ0) is 16.4. The lowest BCUT2D eigenvalue weighted by atomic mass is 10.3. The second kappa shape index (κ2) is 6.13. The molecule has 0 radical (unpaired) electrons. The van der Waals surface area contributed by atoms with Crippen molar-refractivity contribution in [3.63, 3.8) is 0 Å². The third-order valence-corrected chi connectivity index (χ3v) is 5.34. The molecular formula is C13H17N5O4S. The van der Waals surface area contributed by atoms with Crippen molar-refractivity contribution >= 4 is 15.8 Å². The van der Waals surface area contributed by atoms with Crippen molar-refractivity contribution in [3.8, 4) is 5.88 Å². The molecule has 0 spiro atoms. The summed E-state index contributed by atoms with van der Waals surface area (Å²) in [6.07, 6.45) is 2.63. The topological polar surface area (TPSA) is 102 Å². The van der Waals surface area contributed by atoms with E-state index in [2.05, 4.69) is 19.9 Å². The summed E-state index contributed by atoms with van der Waals surface area (Å²) in [5.74, 6) is 1.10. The van der Waals surface area contributed by atoms with Crippen LogP contribution in [0.2, 0.25) is 0 Å². The molecule has 9 nitrogen and oxygen atoms in total. The van der Waals surface area contributed by atoms with Gasteiger partial charge in [-0.15, -0.1) is 10.2 Å². The van der Waals surface area contributed by atoms with Crippen molar-refractivity contribution in [2.45, 2.75) is 17.4 Å². The van der Waals surface area contributed by atoms with E-state index in [1.807, 2.05) is 19.0 Å². The average molecular weight is 339 g/mol.